The van der Waals surface area contributed by atoms with E-state index in [2.05, 4.69) is 0 Å². The lowest BCUT2D eigenvalue weighted by atomic mass is 10.1. The topological polar surface area (TPSA) is 66.9 Å². The standard InChI is InChI=1S/C9H7FN2O2/c1-6-4-8(10)7(2-3-11)9(5-6)12(13)14/h4-5H,2H2,1H3. The zero-order valence-electron chi connectivity index (χ0n) is 7.45. The van der Waals surface area contributed by atoms with E-state index in [1.807, 2.05) is 0 Å². The number of nitrogens with zero attached hydrogens (tertiary/aromatic N) is 2. The van der Waals surface area contributed by atoms with Crippen molar-refractivity contribution in [2.24, 2.45) is 0 Å². The SMILES string of the molecule is Cc1cc(F)c(CC#N)c([N+](=O)[O-])c1. The summed E-state index contributed by atoms with van der Waals surface area (Å²) in [7, 11) is 0. The molecule has 1 aromatic rings. The molecule has 0 aromatic heterocycles. The maximum atomic E-state index is 13.2. The second kappa shape index (κ2) is 3.83. The summed E-state index contributed by atoms with van der Waals surface area (Å²) in [5.41, 5.74) is -0.0111. The first-order chi connectivity index (χ1) is 6.56. The number of halogens is 1. The molecule has 0 N–H and O–H groups in total. The molecule has 72 valence electrons. The Hall–Kier alpha value is -1.96. The molecule has 0 aliphatic rings. The number of aryl methyl sites for hydroxylation is 1. The summed E-state index contributed by atoms with van der Waals surface area (Å²) in [4.78, 5) is 9.85. The molecule has 0 radical (unpaired) electrons. The van der Waals surface area contributed by atoms with E-state index in [1.54, 1.807) is 13.0 Å². The van der Waals surface area contributed by atoms with E-state index in [9.17, 15) is 14.5 Å². The summed E-state index contributed by atoms with van der Waals surface area (Å²) in [6.45, 7) is 1.56. The summed E-state index contributed by atoms with van der Waals surface area (Å²) >= 11 is 0. The van der Waals surface area contributed by atoms with Crippen LogP contribution in [0.3, 0.4) is 0 Å². The predicted octanol–water partition coefficient (Wildman–Crippen LogP) is 2.11. The van der Waals surface area contributed by atoms with Gasteiger partial charge in [0.1, 0.15) is 5.82 Å². The molecule has 0 amide bonds. The molecule has 5 heteroatoms. The van der Waals surface area contributed by atoms with Gasteiger partial charge in [-0.2, -0.15) is 5.26 Å². The third kappa shape index (κ3) is 1.85. The first-order valence-electron chi connectivity index (χ1n) is 3.86. The molecule has 0 atom stereocenters. The average molecular weight is 194 g/mol. The van der Waals surface area contributed by atoms with Gasteiger partial charge < -0.3 is 0 Å². The van der Waals surface area contributed by atoms with E-state index in [-0.39, 0.29) is 17.7 Å². The molecular weight excluding hydrogens is 187 g/mol. The Morgan fingerprint density at radius 2 is 2.29 bits per heavy atom. The van der Waals surface area contributed by atoms with Gasteiger partial charge in [0.25, 0.3) is 5.69 Å². The van der Waals surface area contributed by atoms with Crippen molar-refractivity contribution in [2.75, 3.05) is 0 Å². The molecule has 0 fully saturated rings. The van der Waals surface area contributed by atoms with Crippen LogP contribution in [0.2, 0.25) is 0 Å². The van der Waals surface area contributed by atoms with Crippen molar-refractivity contribution in [3.8, 4) is 6.07 Å². The van der Waals surface area contributed by atoms with Gasteiger partial charge in [-0.05, 0) is 18.6 Å². The van der Waals surface area contributed by atoms with E-state index < -0.39 is 10.7 Å². The third-order valence-electron chi connectivity index (χ3n) is 1.77. The monoisotopic (exact) mass is 194 g/mol. The molecule has 1 aromatic carbocycles. The average Bonchev–Trinajstić information content (AvgIpc) is 2.09. The van der Waals surface area contributed by atoms with Crippen LogP contribution in [0.25, 0.3) is 0 Å². The number of rotatable bonds is 2. The van der Waals surface area contributed by atoms with E-state index >= 15 is 0 Å². The largest absolute Gasteiger partial charge is 0.276 e. The van der Waals surface area contributed by atoms with Crippen LogP contribution in [-0.2, 0) is 6.42 Å². The summed E-state index contributed by atoms with van der Waals surface area (Å²) in [5, 5.41) is 18.9. The van der Waals surface area contributed by atoms with Gasteiger partial charge in [0.15, 0.2) is 0 Å². The molecule has 0 bridgehead atoms. The fourth-order valence-corrected chi connectivity index (χ4v) is 1.17. The molecule has 0 aliphatic heterocycles. The fraction of sp³-hybridized carbons (Fsp3) is 0.222. The summed E-state index contributed by atoms with van der Waals surface area (Å²) in [6.07, 6.45) is -0.289. The molecule has 4 nitrogen and oxygen atoms in total. The van der Waals surface area contributed by atoms with Crippen molar-refractivity contribution in [3.05, 3.63) is 39.2 Å². The highest BCUT2D eigenvalue weighted by Crippen LogP contribution is 2.23. The maximum absolute atomic E-state index is 13.2. The smallest absolute Gasteiger partial charge is 0.258 e. The lowest BCUT2D eigenvalue weighted by Gasteiger charge is -2.01. The van der Waals surface area contributed by atoms with Crippen molar-refractivity contribution in [3.63, 3.8) is 0 Å². The lowest BCUT2D eigenvalue weighted by Crippen LogP contribution is -1.99. The normalized spacial score (nSPS) is 9.50. The molecule has 0 spiro atoms. The number of nitriles is 1. The van der Waals surface area contributed by atoms with E-state index in [1.165, 1.54) is 12.1 Å². The molecule has 0 saturated carbocycles. The molecule has 1 rings (SSSR count). The van der Waals surface area contributed by atoms with Gasteiger partial charge in [-0.3, -0.25) is 10.1 Å². The summed E-state index contributed by atoms with van der Waals surface area (Å²) < 4.78 is 13.2. The minimum absolute atomic E-state index is 0.150. The van der Waals surface area contributed by atoms with Crippen molar-refractivity contribution in [2.45, 2.75) is 13.3 Å². The van der Waals surface area contributed by atoms with Crippen LogP contribution in [0, 0.1) is 34.2 Å². The van der Waals surface area contributed by atoms with Crippen LogP contribution in [0.5, 0.6) is 0 Å². The van der Waals surface area contributed by atoms with Crippen molar-refractivity contribution >= 4 is 5.69 Å². The summed E-state index contributed by atoms with van der Waals surface area (Å²) in [5.74, 6) is -0.696. The molecule has 0 saturated heterocycles. The van der Waals surface area contributed by atoms with Crippen molar-refractivity contribution < 1.29 is 9.31 Å². The second-order valence-electron chi connectivity index (χ2n) is 2.84. The molecule has 0 heterocycles. The van der Waals surface area contributed by atoms with E-state index in [0.29, 0.717) is 5.56 Å². The second-order valence-corrected chi connectivity index (χ2v) is 2.84. The molecule has 14 heavy (non-hydrogen) atoms. The maximum Gasteiger partial charge on any atom is 0.276 e. The Kier molecular flexibility index (Phi) is 2.77. The minimum Gasteiger partial charge on any atom is -0.258 e. The van der Waals surface area contributed by atoms with Crippen molar-refractivity contribution in [1.29, 1.82) is 5.26 Å². The Morgan fingerprint density at radius 1 is 1.64 bits per heavy atom. The van der Waals surface area contributed by atoms with Crippen LogP contribution < -0.4 is 0 Å². The minimum atomic E-state index is -0.696. The van der Waals surface area contributed by atoms with Gasteiger partial charge in [0.2, 0.25) is 0 Å². The van der Waals surface area contributed by atoms with Gasteiger partial charge in [0.05, 0.1) is 23.0 Å². The summed E-state index contributed by atoms with van der Waals surface area (Å²) in [6, 6.07) is 4.14. The molecule has 0 aliphatic carbocycles. The number of hydrogen-bond acceptors (Lipinski definition) is 3. The Bertz CT molecular complexity index is 424. The van der Waals surface area contributed by atoms with E-state index in [0.717, 1.165) is 0 Å². The molecule has 0 unspecified atom stereocenters. The number of nitro groups is 1. The highest BCUT2D eigenvalue weighted by molar-refractivity contribution is 5.45. The highest BCUT2D eigenvalue weighted by Gasteiger charge is 2.18. The van der Waals surface area contributed by atoms with Gasteiger partial charge >= 0.3 is 0 Å². The Balaban J connectivity index is 3.38. The van der Waals surface area contributed by atoms with Gasteiger partial charge in [-0.25, -0.2) is 4.39 Å². The van der Waals surface area contributed by atoms with Crippen LogP contribution in [0.4, 0.5) is 10.1 Å². The van der Waals surface area contributed by atoms with Gasteiger partial charge in [0, 0.05) is 6.07 Å². The third-order valence-corrected chi connectivity index (χ3v) is 1.77. The first kappa shape index (κ1) is 10.1. The van der Waals surface area contributed by atoms with Crippen molar-refractivity contribution in [1.82, 2.24) is 0 Å². The lowest BCUT2D eigenvalue weighted by molar-refractivity contribution is -0.385. The Labute approximate surface area is 79.7 Å². The Morgan fingerprint density at radius 3 is 2.79 bits per heavy atom. The van der Waals surface area contributed by atoms with Gasteiger partial charge in [-0.1, -0.05) is 0 Å². The van der Waals surface area contributed by atoms with Crippen LogP contribution >= 0.6 is 0 Å². The highest BCUT2D eigenvalue weighted by atomic mass is 19.1. The van der Waals surface area contributed by atoms with E-state index in [4.69, 9.17) is 5.26 Å². The van der Waals surface area contributed by atoms with Gasteiger partial charge in [-0.15, -0.1) is 0 Å². The fourth-order valence-electron chi connectivity index (χ4n) is 1.17. The first-order valence-corrected chi connectivity index (χ1v) is 3.86. The zero-order valence-corrected chi connectivity index (χ0v) is 7.45. The predicted molar refractivity (Wildman–Crippen MR) is 47.1 cm³/mol. The van der Waals surface area contributed by atoms with Crippen LogP contribution in [0.15, 0.2) is 12.1 Å². The number of benzene rings is 1. The number of hydrogen-bond donors (Lipinski definition) is 0. The molecular formula is C9H7FN2O2. The zero-order chi connectivity index (χ0) is 10.7. The number of nitro benzene ring substituents is 1. The quantitative estimate of drug-likeness (QED) is 0.534. The van der Waals surface area contributed by atoms with Crippen LogP contribution in [0.1, 0.15) is 11.1 Å². The van der Waals surface area contributed by atoms with Crippen LogP contribution in [-0.4, -0.2) is 4.92 Å².